The van der Waals surface area contributed by atoms with Gasteiger partial charge in [0.15, 0.2) is 0 Å². The van der Waals surface area contributed by atoms with Gasteiger partial charge in [0, 0.05) is 18.2 Å². The van der Waals surface area contributed by atoms with Crippen LogP contribution in [0.1, 0.15) is 58.8 Å². The van der Waals surface area contributed by atoms with Crippen molar-refractivity contribution in [1.29, 1.82) is 0 Å². The van der Waals surface area contributed by atoms with Crippen LogP contribution in [0, 0.1) is 5.92 Å². The summed E-state index contributed by atoms with van der Waals surface area (Å²) in [5.41, 5.74) is 0.203. The van der Waals surface area contributed by atoms with E-state index in [1.54, 1.807) is 0 Å². The molecular formula is C14H27NO. The zero-order valence-electron chi connectivity index (χ0n) is 10.9. The highest BCUT2D eigenvalue weighted by Crippen LogP contribution is 2.37. The highest BCUT2D eigenvalue weighted by atomic mass is 16.3. The van der Waals surface area contributed by atoms with Crippen molar-refractivity contribution in [3.63, 3.8) is 0 Å². The molecule has 0 aromatic rings. The molecule has 1 aliphatic carbocycles. The molecule has 94 valence electrons. The summed E-state index contributed by atoms with van der Waals surface area (Å²) in [6.45, 7) is 6.27. The number of rotatable bonds is 2. The van der Waals surface area contributed by atoms with Gasteiger partial charge in [0.2, 0.25) is 0 Å². The lowest BCUT2D eigenvalue weighted by atomic mass is 9.77. The van der Waals surface area contributed by atoms with Crippen LogP contribution in [0.5, 0.6) is 0 Å². The average Bonchev–Trinajstić information content (AvgIpc) is 2.29. The number of hydrogen-bond acceptors (Lipinski definition) is 2. The van der Waals surface area contributed by atoms with Crippen molar-refractivity contribution >= 4 is 0 Å². The quantitative estimate of drug-likeness (QED) is 0.781. The fraction of sp³-hybridized carbons (Fsp3) is 1.00. The van der Waals surface area contributed by atoms with Crippen molar-refractivity contribution in [2.75, 3.05) is 13.2 Å². The zero-order valence-corrected chi connectivity index (χ0v) is 10.9. The lowest BCUT2D eigenvalue weighted by molar-refractivity contribution is -0.0411. The second-order valence-electron chi connectivity index (χ2n) is 6.16. The Morgan fingerprint density at radius 1 is 1.06 bits per heavy atom. The van der Waals surface area contributed by atoms with E-state index in [9.17, 15) is 5.11 Å². The molecule has 0 amide bonds. The van der Waals surface area contributed by atoms with Gasteiger partial charge in [-0.05, 0) is 52.0 Å². The van der Waals surface area contributed by atoms with Crippen LogP contribution in [0.25, 0.3) is 0 Å². The summed E-state index contributed by atoms with van der Waals surface area (Å²) < 4.78 is 0. The molecule has 1 unspecified atom stereocenters. The number of aliphatic hydroxyl groups excluding tert-OH is 1. The molecule has 2 rings (SSSR count). The Morgan fingerprint density at radius 3 is 2.38 bits per heavy atom. The molecule has 2 heteroatoms. The summed E-state index contributed by atoms with van der Waals surface area (Å²) in [6, 6.07) is 0.790. The molecule has 0 spiro atoms. The van der Waals surface area contributed by atoms with E-state index in [-0.39, 0.29) is 5.54 Å². The van der Waals surface area contributed by atoms with E-state index in [1.807, 2.05) is 0 Å². The summed E-state index contributed by atoms with van der Waals surface area (Å²) in [4.78, 5) is 2.70. The maximum absolute atomic E-state index is 9.52. The molecule has 0 aromatic heterocycles. The average molecular weight is 225 g/mol. The summed E-state index contributed by atoms with van der Waals surface area (Å²) >= 11 is 0. The monoisotopic (exact) mass is 225 g/mol. The summed E-state index contributed by atoms with van der Waals surface area (Å²) in [5.74, 6) is 0.475. The third-order valence-electron chi connectivity index (χ3n) is 4.93. The molecule has 1 N–H and O–H groups in total. The van der Waals surface area contributed by atoms with Crippen molar-refractivity contribution in [1.82, 2.24) is 4.90 Å². The van der Waals surface area contributed by atoms with Crippen LogP contribution in [-0.2, 0) is 0 Å². The third kappa shape index (κ3) is 2.28. The predicted octanol–water partition coefficient (Wildman–Crippen LogP) is 2.80. The van der Waals surface area contributed by atoms with E-state index in [2.05, 4.69) is 18.7 Å². The van der Waals surface area contributed by atoms with Gasteiger partial charge in [0.05, 0.1) is 0 Å². The Kier molecular flexibility index (Phi) is 3.91. The van der Waals surface area contributed by atoms with Crippen molar-refractivity contribution in [3.8, 4) is 0 Å². The van der Waals surface area contributed by atoms with Gasteiger partial charge < -0.3 is 5.11 Å². The molecule has 1 aliphatic heterocycles. The summed E-state index contributed by atoms with van der Waals surface area (Å²) in [7, 11) is 0. The highest BCUT2D eigenvalue weighted by Gasteiger charge is 2.41. The lowest BCUT2D eigenvalue weighted by Crippen LogP contribution is -2.58. The Bertz CT molecular complexity index is 221. The molecule has 0 aromatic carbocycles. The molecule has 1 saturated carbocycles. The lowest BCUT2D eigenvalue weighted by Gasteiger charge is -2.52. The standard InChI is InChI=1S/C14H27NO/c1-14(2)12(11-16)7-6-10-15(14)13-8-4-3-5-9-13/h12-13,16H,3-11H2,1-2H3. The van der Waals surface area contributed by atoms with Crippen LogP contribution in [0.2, 0.25) is 0 Å². The first kappa shape index (κ1) is 12.4. The first-order valence-corrected chi connectivity index (χ1v) is 7.04. The minimum Gasteiger partial charge on any atom is -0.396 e. The fourth-order valence-corrected chi connectivity index (χ4v) is 3.74. The second kappa shape index (κ2) is 5.05. The normalized spacial score (nSPS) is 32.8. The van der Waals surface area contributed by atoms with E-state index >= 15 is 0 Å². The minimum absolute atomic E-state index is 0.203. The molecule has 16 heavy (non-hydrogen) atoms. The first-order chi connectivity index (χ1) is 7.66. The third-order valence-corrected chi connectivity index (χ3v) is 4.93. The van der Waals surface area contributed by atoms with Crippen molar-refractivity contribution in [2.24, 2.45) is 5.92 Å². The van der Waals surface area contributed by atoms with Crippen molar-refractivity contribution in [2.45, 2.75) is 70.4 Å². The van der Waals surface area contributed by atoms with E-state index < -0.39 is 0 Å². The van der Waals surface area contributed by atoms with Crippen LogP contribution >= 0.6 is 0 Å². The predicted molar refractivity (Wildman–Crippen MR) is 67.5 cm³/mol. The smallest absolute Gasteiger partial charge is 0.0476 e. The van der Waals surface area contributed by atoms with Gasteiger partial charge in [-0.15, -0.1) is 0 Å². The molecular weight excluding hydrogens is 198 g/mol. The molecule has 2 nitrogen and oxygen atoms in total. The number of nitrogens with zero attached hydrogens (tertiary/aromatic N) is 1. The maximum atomic E-state index is 9.52. The molecule has 1 heterocycles. The van der Waals surface area contributed by atoms with Gasteiger partial charge in [-0.3, -0.25) is 4.90 Å². The van der Waals surface area contributed by atoms with Crippen LogP contribution in [0.3, 0.4) is 0 Å². The number of likely N-dealkylation sites (tertiary alicyclic amines) is 1. The van der Waals surface area contributed by atoms with E-state index in [0.717, 1.165) is 6.04 Å². The SMILES string of the molecule is CC1(C)C(CO)CCCN1C1CCCCC1. The molecule has 0 bridgehead atoms. The minimum atomic E-state index is 0.203. The molecule has 1 saturated heterocycles. The Labute approximate surface area is 100 Å². The first-order valence-electron chi connectivity index (χ1n) is 7.04. The topological polar surface area (TPSA) is 23.5 Å². The Hall–Kier alpha value is -0.0800. The van der Waals surface area contributed by atoms with Gasteiger partial charge in [0.25, 0.3) is 0 Å². The van der Waals surface area contributed by atoms with Crippen molar-refractivity contribution < 1.29 is 5.11 Å². The van der Waals surface area contributed by atoms with Crippen LogP contribution in [0.4, 0.5) is 0 Å². The maximum Gasteiger partial charge on any atom is 0.0476 e. The molecule has 0 radical (unpaired) electrons. The van der Waals surface area contributed by atoms with Crippen LogP contribution in [-0.4, -0.2) is 34.7 Å². The van der Waals surface area contributed by atoms with E-state index in [4.69, 9.17) is 0 Å². The summed E-state index contributed by atoms with van der Waals surface area (Å²) in [6.07, 6.45) is 9.46. The zero-order chi connectivity index (χ0) is 11.6. The fourth-order valence-electron chi connectivity index (χ4n) is 3.74. The van der Waals surface area contributed by atoms with Gasteiger partial charge in [-0.2, -0.15) is 0 Å². The molecule has 1 atom stereocenters. The van der Waals surface area contributed by atoms with Gasteiger partial charge in [-0.1, -0.05) is 19.3 Å². The van der Waals surface area contributed by atoms with Gasteiger partial charge >= 0.3 is 0 Å². The van der Waals surface area contributed by atoms with Crippen LogP contribution < -0.4 is 0 Å². The number of piperidine rings is 1. The Morgan fingerprint density at radius 2 is 1.75 bits per heavy atom. The van der Waals surface area contributed by atoms with Gasteiger partial charge in [0.1, 0.15) is 0 Å². The largest absolute Gasteiger partial charge is 0.396 e. The molecule has 2 fully saturated rings. The number of hydrogen-bond donors (Lipinski definition) is 1. The molecule has 2 aliphatic rings. The summed E-state index contributed by atoms with van der Waals surface area (Å²) in [5, 5.41) is 9.52. The Balaban J connectivity index is 2.06. The highest BCUT2D eigenvalue weighted by molar-refractivity contribution is 4.95. The number of aliphatic hydroxyl groups is 1. The second-order valence-corrected chi connectivity index (χ2v) is 6.16. The van der Waals surface area contributed by atoms with Crippen LogP contribution in [0.15, 0.2) is 0 Å². The van der Waals surface area contributed by atoms with Gasteiger partial charge in [-0.25, -0.2) is 0 Å². The van der Waals surface area contributed by atoms with Crippen molar-refractivity contribution in [3.05, 3.63) is 0 Å². The van der Waals surface area contributed by atoms with E-state index in [1.165, 1.54) is 51.5 Å². The van der Waals surface area contributed by atoms with E-state index in [0.29, 0.717) is 12.5 Å².